The van der Waals surface area contributed by atoms with E-state index in [9.17, 15) is 4.39 Å². The van der Waals surface area contributed by atoms with E-state index in [1.807, 2.05) is 50.2 Å². The van der Waals surface area contributed by atoms with Gasteiger partial charge in [-0.15, -0.1) is 0 Å². The van der Waals surface area contributed by atoms with Gasteiger partial charge in [0.25, 0.3) is 0 Å². The van der Waals surface area contributed by atoms with E-state index in [1.165, 1.54) is 0 Å². The van der Waals surface area contributed by atoms with Crippen LogP contribution in [-0.2, 0) is 21.1 Å². The van der Waals surface area contributed by atoms with E-state index < -0.39 is 6.86 Å². The Morgan fingerprint density at radius 2 is 1.20 bits per heavy atom. The second-order valence-electron chi connectivity index (χ2n) is 8.50. The Hall–Kier alpha value is -3.49. The molecule has 0 fully saturated rings. The van der Waals surface area contributed by atoms with Crippen LogP contribution in [0.5, 0.6) is 5.75 Å². The van der Waals surface area contributed by atoms with Gasteiger partial charge >= 0.3 is 0 Å². The van der Waals surface area contributed by atoms with Crippen LogP contribution in [0.25, 0.3) is 55.0 Å². The minimum atomic E-state index is -0.872. The number of hydrogen-bond donors (Lipinski definition) is 0. The molecule has 1 aromatic heterocycles. The average Bonchev–Trinajstić information content (AvgIpc) is 3.01. The topological polar surface area (TPSA) is 35.5 Å². The molecule has 5 aromatic carbocycles. The fraction of sp³-hybridized carbons (Fsp3) is 0.100. The Labute approximate surface area is 216 Å². The van der Waals surface area contributed by atoms with Crippen LogP contribution in [0.4, 0.5) is 4.39 Å². The Bertz CT molecular complexity index is 1630. The minimum absolute atomic E-state index is 0. The fourth-order valence-corrected chi connectivity index (χ4v) is 4.90. The number of ether oxygens (including phenoxy) is 1. The van der Waals surface area contributed by atoms with E-state index >= 15 is 0 Å². The zero-order chi connectivity index (χ0) is 23.2. The molecule has 0 radical (unpaired) electrons. The summed E-state index contributed by atoms with van der Waals surface area (Å²) in [4.78, 5) is 0. The summed E-state index contributed by atoms with van der Waals surface area (Å²) in [5.41, 5.74) is 4.04. The molecular formula is C30H22FO3W-. The second kappa shape index (κ2) is 9.28. The molecule has 0 aliphatic carbocycles. The summed E-state index contributed by atoms with van der Waals surface area (Å²) < 4.78 is 30.9. The van der Waals surface area contributed by atoms with Crippen molar-refractivity contribution in [2.75, 3.05) is 6.86 Å². The van der Waals surface area contributed by atoms with Crippen LogP contribution in [0.1, 0.15) is 11.1 Å². The van der Waals surface area contributed by atoms with Gasteiger partial charge in [0.1, 0.15) is 5.75 Å². The predicted octanol–water partition coefficient (Wildman–Crippen LogP) is 8.92. The third-order valence-corrected chi connectivity index (χ3v) is 6.37. The van der Waals surface area contributed by atoms with E-state index in [0.717, 1.165) is 60.2 Å². The van der Waals surface area contributed by atoms with Gasteiger partial charge in [-0.3, -0.25) is 0 Å². The molecule has 6 aromatic rings. The standard InChI is InChI=1S/C30H22FO3.W/c1-18-15-22(32-17-31)16-19(2)27(18)30-33-25-13-11-20-7-3-5-9-23(20)28(25)29-24-10-6-4-8-21(24)12-14-26(29)34-30;/h3-16H,17H2,1-2H3;/q-1;. The fourth-order valence-electron chi connectivity index (χ4n) is 4.90. The van der Waals surface area contributed by atoms with Crippen LogP contribution in [-0.4, -0.2) is 6.86 Å². The summed E-state index contributed by atoms with van der Waals surface area (Å²) in [6, 6.07) is 28.4. The van der Waals surface area contributed by atoms with Crippen LogP contribution in [0.2, 0.25) is 0 Å². The summed E-state index contributed by atoms with van der Waals surface area (Å²) in [7, 11) is 0. The first-order valence-electron chi connectivity index (χ1n) is 11.2. The Morgan fingerprint density at radius 1 is 0.714 bits per heavy atom. The van der Waals surface area contributed by atoms with Crippen molar-refractivity contribution in [3.63, 3.8) is 0 Å². The molecule has 0 aliphatic rings. The summed E-state index contributed by atoms with van der Waals surface area (Å²) in [6.07, 6.45) is 0. The molecule has 0 aliphatic heterocycles. The van der Waals surface area contributed by atoms with Gasteiger partial charge in [0.05, 0.1) is 11.2 Å². The van der Waals surface area contributed by atoms with Gasteiger partial charge in [-0.1, -0.05) is 110 Å². The maximum atomic E-state index is 12.8. The molecule has 0 saturated heterocycles. The zero-order valence-electron chi connectivity index (χ0n) is 19.3. The first-order chi connectivity index (χ1) is 16.6. The molecule has 0 bridgehead atoms. The third-order valence-electron chi connectivity index (χ3n) is 6.37. The average molecular weight is 633 g/mol. The molecule has 0 N–H and O–H groups in total. The van der Waals surface area contributed by atoms with Crippen molar-refractivity contribution in [2.45, 2.75) is 13.8 Å². The number of rotatable bonds is 3. The zero-order valence-corrected chi connectivity index (χ0v) is 22.2. The van der Waals surface area contributed by atoms with Gasteiger partial charge in [-0.05, 0) is 37.9 Å². The number of benzene rings is 5. The summed E-state index contributed by atoms with van der Waals surface area (Å²) >= 11 is 0. The molecular weight excluding hydrogens is 611 g/mol. The molecule has 0 atom stereocenters. The SMILES string of the molecule is Cc1cc(OCF)cc(C)c1-[c-]1oc2ccc3ccccc3c2c2c(ccc3ccccc32)o1.[W]. The summed E-state index contributed by atoms with van der Waals surface area (Å²) in [5, 5.41) is 6.48. The van der Waals surface area contributed by atoms with Gasteiger partial charge in [-0.25, -0.2) is 4.39 Å². The third kappa shape index (κ3) is 3.92. The van der Waals surface area contributed by atoms with Crippen molar-refractivity contribution >= 4 is 43.5 Å². The van der Waals surface area contributed by atoms with Crippen LogP contribution < -0.4 is 4.74 Å². The molecule has 174 valence electrons. The van der Waals surface area contributed by atoms with Crippen molar-refractivity contribution in [1.29, 1.82) is 0 Å². The number of halogens is 1. The summed E-state index contributed by atoms with van der Waals surface area (Å²) in [6.45, 7) is 3.02. The van der Waals surface area contributed by atoms with Crippen molar-refractivity contribution in [1.82, 2.24) is 0 Å². The van der Waals surface area contributed by atoms with Crippen molar-refractivity contribution in [3.8, 4) is 17.3 Å². The number of aryl methyl sites for hydroxylation is 2. The van der Waals surface area contributed by atoms with Crippen LogP contribution >= 0.6 is 0 Å². The Kier molecular flexibility index (Phi) is 6.17. The molecule has 0 spiro atoms. The van der Waals surface area contributed by atoms with Gasteiger partial charge in [0.15, 0.2) is 0 Å². The van der Waals surface area contributed by atoms with Crippen LogP contribution in [0, 0.1) is 13.8 Å². The molecule has 0 amide bonds. The maximum absolute atomic E-state index is 12.8. The van der Waals surface area contributed by atoms with Crippen LogP contribution in [0.3, 0.4) is 0 Å². The van der Waals surface area contributed by atoms with Crippen molar-refractivity contribution in [3.05, 3.63) is 96.1 Å². The number of fused-ring (bicyclic) bond motifs is 7. The molecule has 0 saturated carbocycles. The second-order valence-corrected chi connectivity index (χ2v) is 8.50. The van der Waals surface area contributed by atoms with Gasteiger partial charge in [0, 0.05) is 21.1 Å². The summed E-state index contributed by atoms with van der Waals surface area (Å²) in [5.74, 6) is 0.876. The molecule has 0 unspecified atom stereocenters. The molecule has 35 heavy (non-hydrogen) atoms. The number of alkyl halides is 1. The predicted molar refractivity (Wildman–Crippen MR) is 136 cm³/mol. The van der Waals surface area contributed by atoms with E-state index in [2.05, 4.69) is 36.4 Å². The molecule has 5 heteroatoms. The van der Waals surface area contributed by atoms with Gasteiger partial charge in [0.2, 0.25) is 12.8 Å². The van der Waals surface area contributed by atoms with E-state index in [1.54, 1.807) is 12.1 Å². The molecule has 1 heterocycles. The smallest absolute Gasteiger partial charge is 0.228 e. The Morgan fingerprint density at radius 3 is 1.69 bits per heavy atom. The first kappa shape index (κ1) is 23.3. The Balaban J connectivity index is 0.00000253. The van der Waals surface area contributed by atoms with Gasteiger partial charge < -0.3 is 13.6 Å². The van der Waals surface area contributed by atoms with Gasteiger partial charge in [-0.2, -0.15) is 0 Å². The number of hydrogen-bond acceptors (Lipinski definition) is 3. The quantitative estimate of drug-likeness (QED) is 0.183. The minimum Gasteiger partial charge on any atom is -0.498 e. The maximum Gasteiger partial charge on any atom is 0.228 e. The van der Waals surface area contributed by atoms with E-state index in [4.69, 9.17) is 13.6 Å². The molecule has 3 nitrogen and oxygen atoms in total. The van der Waals surface area contributed by atoms with E-state index in [-0.39, 0.29) is 21.1 Å². The molecule has 6 rings (SSSR count). The van der Waals surface area contributed by atoms with Crippen LogP contribution in [0.15, 0.2) is 93.8 Å². The monoisotopic (exact) mass is 633 g/mol. The first-order valence-corrected chi connectivity index (χ1v) is 11.2. The van der Waals surface area contributed by atoms with E-state index in [0.29, 0.717) is 11.7 Å². The largest absolute Gasteiger partial charge is 0.498 e. The van der Waals surface area contributed by atoms with Crippen molar-refractivity contribution in [2.24, 2.45) is 0 Å². The normalized spacial score (nSPS) is 11.2. The van der Waals surface area contributed by atoms with Crippen molar-refractivity contribution < 1.29 is 39.0 Å².